The van der Waals surface area contributed by atoms with E-state index in [4.69, 9.17) is 21.7 Å². The molecule has 164 valence electrons. The van der Waals surface area contributed by atoms with Crippen LogP contribution in [0.3, 0.4) is 0 Å². The maximum Gasteiger partial charge on any atom is 0.303 e. The highest BCUT2D eigenvalue weighted by Gasteiger charge is 2.24. The van der Waals surface area contributed by atoms with Crippen LogP contribution < -0.4 is 10.2 Å². The summed E-state index contributed by atoms with van der Waals surface area (Å²) in [4.78, 5) is 30.8. The van der Waals surface area contributed by atoms with E-state index >= 15 is 0 Å². The lowest BCUT2D eigenvalue weighted by atomic mass is 9.93. The number of carboxylic acid groups (broad SMARTS) is 1. The number of pyridine rings is 1. The van der Waals surface area contributed by atoms with Crippen molar-refractivity contribution in [2.75, 3.05) is 23.3 Å². The van der Waals surface area contributed by atoms with Crippen LogP contribution in [-0.2, 0) is 4.79 Å². The summed E-state index contributed by atoms with van der Waals surface area (Å²) in [5, 5.41) is 12.6. The number of carboxylic acids is 1. The van der Waals surface area contributed by atoms with Crippen molar-refractivity contribution in [1.29, 1.82) is 0 Å². The highest BCUT2D eigenvalue weighted by Crippen LogP contribution is 2.33. The fraction of sp³-hybridized carbons (Fsp3) is 0.240. The third-order valence-corrected chi connectivity index (χ3v) is 5.92. The van der Waals surface area contributed by atoms with E-state index in [0.717, 1.165) is 24.0 Å². The zero-order chi connectivity index (χ0) is 22.5. The van der Waals surface area contributed by atoms with Gasteiger partial charge in [0.1, 0.15) is 0 Å². The van der Waals surface area contributed by atoms with E-state index in [9.17, 15) is 9.59 Å². The first-order valence-corrected chi connectivity index (χ1v) is 11.0. The maximum absolute atomic E-state index is 12.9. The summed E-state index contributed by atoms with van der Waals surface area (Å²) >= 11 is 6.06. The third kappa shape index (κ3) is 5.26. The molecule has 0 aliphatic carbocycles. The summed E-state index contributed by atoms with van der Waals surface area (Å²) in [5.74, 6) is -0.171. The van der Waals surface area contributed by atoms with Gasteiger partial charge in [0.2, 0.25) is 0 Å². The number of amides is 1. The Bertz CT molecular complexity index is 1110. The summed E-state index contributed by atoms with van der Waals surface area (Å²) in [7, 11) is 0. The molecule has 1 aliphatic rings. The van der Waals surface area contributed by atoms with Crippen molar-refractivity contribution in [2.45, 2.75) is 19.3 Å². The monoisotopic (exact) mass is 449 g/mol. The molecule has 0 saturated carbocycles. The number of carbonyl (C=O) groups excluding carboxylic acids is 1. The van der Waals surface area contributed by atoms with Gasteiger partial charge in [0, 0.05) is 41.9 Å². The van der Waals surface area contributed by atoms with Gasteiger partial charge in [-0.25, -0.2) is 4.98 Å². The van der Waals surface area contributed by atoms with Crippen molar-refractivity contribution in [2.24, 2.45) is 5.92 Å². The topological polar surface area (TPSA) is 82.5 Å². The van der Waals surface area contributed by atoms with Crippen LogP contribution in [0.2, 0.25) is 5.02 Å². The number of piperidine rings is 1. The second-order valence-corrected chi connectivity index (χ2v) is 8.39. The molecule has 0 atom stereocenters. The van der Waals surface area contributed by atoms with E-state index in [1.54, 1.807) is 24.3 Å². The molecule has 1 fully saturated rings. The normalized spacial score (nSPS) is 14.2. The Balaban J connectivity index is 1.62. The Morgan fingerprint density at radius 3 is 2.47 bits per heavy atom. The number of carbonyl (C=O) groups is 2. The molecule has 6 nitrogen and oxygen atoms in total. The Kier molecular flexibility index (Phi) is 6.71. The van der Waals surface area contributed by atoms with Crippen molar-refractivity contribution in [3.05, 3.63) is 77.4 Å². The van der Waals surface area contributed by atoms with Gasteiger partial charge < -0.3 is 15.3 Å². The second kappa shape index (κ2) is 9.83. The molecule has 2 N–H and O–H groups in total. The molecule has 1 aromatic heterocycles. The summed E-state index contributed by atoms with van der Waals surface area (Å²) in [6.07, 6.45) is 3.54. The molecule has 1 aliphatic heterocycles. The fourth-order valence-corrected chi connectivity index (χ4v) is 4.20. The third-order valence-electron chi connectivity index (χ3n) is 5.69. The Hall–Kier alpha value is -3.38. The average molecular weight is 450 g/mol. The number of halogens is 1. The zero-order valence-electron chi connectivity index (χ0n) is 17.5. The zero-order valence-corrected chi connectivity index (χ0v) is 18.3. The summed E-state index contributed by atoms with van der Waals surface area (Å²) in [6, 6.07) is 18.6. The molecule has 7 heteroatoms. The smallest absolute Gasteiger partial charge is 0.303 e. The molecule has 0 radical (unpaired) electrons. The van der Waals surface area contributed by atoms with E-state index in [1.165, 1.54) is 0 Å². The summed E-state index contributed by atoms with van der Waals surface area (Å²) in [6.45, 7) is 1.38. The van der Waals surface area contributed by atoms with Gasteiger partial charge in [-0.15, -0.1) is 0 Å². The minimum atomic E-state index is -0.761. The number of benzene rings is 2. The second-order valence-electron chi connectivity index (χ2n) is 7.95. The van der Waals surface area contributed by atoms with Crippen molar-refractivity contribution in [3.63, 3.8) is 0 Å². The molecule has 3 aromatic rings. The number of nitrogens with one attached hydrogen (secondary N) is 1. The predicted molar refractivity (Wildman–Crippen MR) is 126 cm³/mol. The minimum absolute atomic E-state index is 0.164. The van der Waals surface area contributed by atoms with E-state index in [-0.39, 0.29) is 18.2 Å². The lowest BCUT2D eigenvalue weighted by molar-refractivity contribution is -0.138. The fourth-order valence-electron chi connectivity index (χ4n) is 4.01. The van der Waals surface area contributed by atoms with Gasteiger partial charge in [-0.1, -0.05) is 48.0 Å². The summed E-state index contributed by atoms with van der Waals surface area (Å²) in [5.41, 5.74) is 2.99. The standard InChI is InChI=1S/C25H24ClN3O3/c26-21-8-4-7-19(14-21)25(32)28-22-15-20(18-5-2-1-3-6-18)16-27-24(22)29-11-9-17(10-12-29)13-23(30)31/h1-8,14-17H,9-13H2,(H,28,32)(H,30,31). The number of aliphatic carboxylic acids is 1. The van der Waals surface area contributed by atoms with Crippen LogP contribution in [-0.4, -0.2) is 35.1 Å². The molecular weight excluding hydrogens is 426 g/mol. The Morgan fingerprint density at radius 1 is 1.03 bits per heavy atom. The van der Waals surface area contributed by atoms with Crippen LogP contribution in [0.4, 0.5) is 11.5 Å². The lowest BCUT2D eigenvalue weighted by Crippen LogP contribution is -2.35. The van der Waals surface area contributed by atoms with Crippen LogP contribution in [0.15, 0.2) is 66.9 Å². The van der Waals surface area contributed by atoms with Gasteiger partial charge in [0.15, 0.2) is 5.82 Å². The quantitative estimate of drug-likeness (QED) is 0.530. The van der Waals surface area contributed by atoms with Crippen LogP contribution in [0.5, 0.6) is 0 Å². The molecule has 1 saturated heterocycles. The molecule has 0 bridgehead atoms. The van der Waals surface area contributed by atoms with Gasteiger partial charge in [-0.3, -0.25) is 9.59 Å². The predicted octanol–water partition coefficient (Wildman–Crippen LogP) is 5.35. The van der Waals surface area contributed by atoms with Gasteiger partial charge >= 0.3 is 5.97 Å². The van der Waals surface area contributed by atoms with Crippen molar-refractivity contribution >= 4 is 35.0 Å². The molecule has 1 amide bonds. The van der Waals surface area contributed by atoms with E-state index in [2.05, 4.69) is 10.2 Å². The molecule has 2 aromatic carbocycles. The van der Waals surface area contributed by atoms with Gasteiger partial charge in [-0.05, 0) is 48.6 Å². The van der Waals surface area contributed by atoms with E-state index in [1.807, 2.05) is 42.6 Å². The van der Waals surface area contributed by atoms with Crippen LogP contribution in [0.25, 0.3) is 11.1 Å². The van der Waals surface area contributed by atoms with Crippen molar-refractivity contribution in [3.8, 4) is 11.1 Å². The highest BCUT2D eigenvalue weighted by atomic mass is 35.5. The van der Waals surface area contributed by atoms with Gasteiger partial charge in [0.05, 0.1) is 5.69 Å². The average Bonchev–Trinajstić information content (AvgIpc) is 2.80. The van der Waals surface area contributed by atoms with Gasteiger partial charge in [0.25, 0.3) is 5.91 Å². The maximum atomic E-state index is 12.9. The van der Waals surface area contributed by atoms with E-state index in [0.29, 0.717) is 35.2 Å². The van der Waals surface area contributed by atoms with E-state index < -0.39 is 5.97 Å². The number of anilines is 2. The molecule has 2 heterocycles. The van der Waals surface area contributed by atoms with Crippen molar-refractivity contribution < 1.29 is 14.7 Å². The first-order valence-electron chi connectivity index (χ1n) is 10.6. The Labute approximate surface area is 191 Å². The van der Waals surface area contributed by atoms with Crippen molar-refractivity contribution in [1.82, 2.24) is 4.98 Å². The lowest BCUT2D eigenvalue weighted by Gasteiger charge is -2.33. The number of rotatable bonds is 6. The molecule has 4 rings (SSSR count). The molecular formula is C25H24ClN3O3. The molecule has 0 spiro atoms. The highest BCUT2D eigenvalue weighted by molar-refractivity contribution is 6.31. The molecule has 32 heavy (non-hydrogen) atoms. The summed E-state index contributed by atoms with van der Waals surface area (Å²) < 4.78 is 0. The van der Waals surface area contributed by atoms with Crippen LogP contribution >= 0.6 is 11.6 Å². The Morgan fingerprint density at radius 2 is 1.78 bits per heavy atom. The number of hydrogen-bond acceptors (Lipinski definition) is 4. The number of nitrogens with zero attached hydrogens (tertiary/aromatic N) is 2. The first-order chi connectivity index (χ1) is 15.5. The van der Waals surface area contributed by atoms with Crippen LogP contribution in [0, 0.1) is 5.92 Å². The largest absolute Gasteiger partial charge is 0.481 e. The SMILES string of the molecule is O=C(O)CC1CCN(c2ncc(-c3ccccc3)cc2NC(=O)c2cccc(Cl)c2)CC1. The molecule has 0 unspecified atom stereocenters. The minimum Gasteiger partial charge on any atom is -0.481 e. The first kappa shape index (κ1) is 21.8. The van der Waals surface area contributed by atoms with Crippen LogP contribution in [0.1, 0.15) is 29.6 Å². The van der Waals surface area contributed by atoms with Gasteiger partial charge in [-0.2, -0.15) is 0 Å². The number of hydrogen-bond donors (Lipinski definition) is 2. The number of aromatic nitrogens is 1.